The summed E-state index contributed by atoms with van der Waals surface area (Å²) in [5.74, 6) is 0.186. The van der Waals surface area contributed by atoms with Crippen LogP contribution in [0.1, 0.15) is 35.0 Å². The summed E-state index contributed by atoms with van der Waals surface area (Å²) < 4.78 is 12.3. The number of methoxy groups -OCH3 is 1. The van der Waals surface area contributed by atoms with E-state index >= 15 is 0 Å². The number of rotatable bonds is 4. The number of hydrogen-bond acceptors (Lipinski definition) is 5. The average Bonchev–Trinajstić information content (AvgIpc) is 2.92. The van der Waals surface area contributed by atoms with Gasteiger partial charge >= 0.3 is 5.97 Å². The van der Waals surface area contributed by atoms with E-state index in [9.17, 15) is 14.7 Å². The second kappa shape index (κ2) is 6.92. The van der Waals surface area contributed by atoms with Crippen LogP contribution in [0.15, 0.2) is 12.1 Å². The fourth-order valence-corrected chi connectivity index (χ4v) is 4.19. The first kappa shape index (κ1) is 17.5. The van der Waals surface area contributed by atoms with Gasteiger partial charge in [0, 0.05) is 42.9 Å². The zero-order valence-corrected chi connectivity index (χ0v) is 15.3. The molecule has 1 N–H and O–H groups in total. The van der Waals surface area contributed by atoms with E-state index in [-0.39, 0.29) is 16.9 Å². The number of aryl methyl sites for hydroxylation is 1. The lowest BCUT2D eigenvalue weighted by molar-refractivity contribution is -0.130. The highest BCUT2D eigenvalue weighted by Gasteiger charge is 2.26. The number of carboxylic acid groups (broad SMARTS) is 1. The highest BCUT2D eigenvalue weighted by atomic mass is 32.1. The predicted molar refractivity (Wildman–Crippen MR) is 96.0 cm³/mol. The topological polar surface area (TPSA) is 76.1 Å². The third-order valence-electron chi connectivity index (χ3n) is 4.53. The van der Waals surface area contributed by atoms with Gasteiger partial charge in [-0.15, -0.1) is 11.3 Å². The Balaban J connectivity index is 1.93. The van der Waals surface area contributed by atoms with Crippen LogP contribution >= 0.6 is 11.3 Å². The highest BCUT2D eigenvalue weighted by Crippen LogP contribution is 2.42. The first-order valence-electron chi connectivity index (χ1n) is 8.17. The number of carbonyl (C=O) groups is 2. The molecule has 1 saturated heterocycles. The summed E-state index contributed by atoms with van der Waals surface area (Å²) in [4.78, 5) is 25.1. The third kappa shape index (κ3) is 3.42. The average molecular weight is 363 g/mol. The summed E-state index contributed by atoms with van der Waals surface area (Å²) in [6.07, 6.45) is 1.29. The van der Waals surface area contributed by atoms with Gasteiger partial charge in [0.05, 0.1) is 7.11 Å². The van der Waals surface area contributed by atoms with E-state index in [1.807, 2.05) is 19.1 Å². The molecule has 6 nitrogen and oxygen atoms in total. The lowest BCUT2D eigenvalue weighted by atomic mass is 10.1. The Kier molecular flexibility index (Phi) is 4.85. The zero-order valence-electron chi connectivity index (χ0n) is 14.5. The van der Waals surface area contributed by atoms with Gasteiger partial charge in [-0.25, -0.2) is 4.79 Å². The maximum absolute atomic E-state index is 11.7. The number of benzene rings is 1. The molecule has 1 amide bonds. The van der Waals surface area contributed by atoms with Crippen LogP contribution in [0.3, 0.4) is 0 Å². The minimum Gasteiger partial charge on any atom is -0.496 e. The molecule has 0 unspecified atom stereocenters. The van der Waals surface area contributed by atoms with Gasteiger partial charge < -0.3 is 19.5 Å². The normalized spacial score (nSPS) is 15.4. The molecule has 134 valence electrons. The highest BCUT2D eigenvalue weighted by molar-refractivity contribution is 7.21. The summed E-state index contributed by atoms with van der Waals surface area (Å²) in [5.41, 5.74) is 0.953. The number of amides is 1. The SMILES string of the molecule is COc1cc2c(OC3CCN(C(C)=O)CC3)c(C(=O)O)sc2cc1C. The molecule has 0 radical (unpaired) electrons. The smallest absolute Gasteiger partial charge is 0.349 e. The number of carboxylic acids is 1. The molecule has 1 aromatic heterocycles. The number of aromatic carboxylic acids is 1. The lowest BCUT2D eigenvalue weighted by Crippen LogP contribution is -2.40. The van der Waals surface area contributed by atoms with E-state index in [0.717, 1.165) is 15.6 Å². The van der Waals surface area contributed by atoms with Gasteiger partial charge in [0.1, 0.15) is 11.9 Å². The van der Waals surface area contributed by atoms with Crippen LogP contribution in [0.2, 0.25) is 0 Å². The van der Waals surface area contributed by atoms with Gasteiger partial charge in [-0.05, 0) is 24.6 Å². The number of hydrogen-bond donors (Lipinski definition) is 1. The van der Waals surface area contributed by atoms with Crippen molar-refractivity contribution in [2.45, 2.75) is 32.8 Å². The molecule has 7 heteroatoms. The fourth-order valence-electron chi connectivity index (χ4n) is 3.13. The molecular formula is C18H21NO5S. The second-order valence-corrected chi connectivity index (χ2v) is 7.26. The van der Waals surface area contributed by atoms with Crippen molar-refractivity contribution in [3.05, 3.63) is 22.6 Å². The molecular weight excluding hydrogens is 342 g/mol. The van der Waals surface area contributed by atoms with E-state index in [2.05, 4.69) is 0 Å². The predicted octanol–water partition coefficient (Wildman–Crippen LogP) is 3.31. The summed E-state index contributed by atoms with van der Waals surface area (Å²) >= 11 is 1.21. The van der Waals surface area contributed by atoms with E-state index in [0.29, 0.717) is 37.4 Å². The molecule has 2 aromatic rings. The molecule has 1 aliphatic rings. The third-order valence-corrected chi connectivity index (χ3v) is 5.65. The van der Waals surface area contributed by atoms with E-state index < -0.39 is 5.97 Å². The molecule has 0 bridgehead atoms. The molecule has 2 heterocycles. The maximum Gasteiger partial charge on any atom is 0.349 e. The molecule has 1 aromatic carbocycles. The number of thiophene rings is 1. The van der Waals surface area contributed by atoms with Crippen LogP contribution in [0.4, 0.5) is 0 Å². The van der Waals surface area contributed by atoms with Crippen molar-refractivity contribution in [3.63, 3.8) is 0 Å². The van der Waals surface area contributed by atoms with Crippen LogP contribution in [-0.4, -0.2) is 48.2 Å². The van der Waals surface area contributed by atoms with Crippen LogP contribution < -0.4 is 9.47 Å². The van der Waals surface area contributed by atoms with E-state index in [4.69, 9.17) is 9.47 Å². The van der Waals surface area contributed by atoms with Crippen molar-refractivity contribution in [1.29, 1.82) is 0 Å². The Morgan fingerprint density at radius 1 is 1.28 bits per heavy atom. The maximum atomic E-state index is 11.7. The molecule has 0 aliphatic carbocycles. The Bertz CT molecular complexity index is 820. The largest absolute Gasteiger partial charge is 0.496 e. The molecule has 0 atom stereocenters. The monoisotopic (exact) mass is 363 g/mol. The van der Waals surface area contributed by atoms with Crippen LogP contribution in [0.25, 0.3) is 10.1 Å². The standard InChI is InChI=1S/C18H21NO5S/c1-10-8-15-13(9-14(10)23-3)16(17(25-15)18(21)22)24-12-4-6-19(7-5-12)11(2)20/h8-9,12H,4-7H2,1-3H3,(H,21,22). The Morgan fingerprint density at radius 3 is 2.52 bits per heavy atom. The first-order valence-corrected chi connectivity index (χ1v) is 8.99. The molecule has 3 rings (SSSR count). The van der Waals surface area contributed by atoms with Crippen molar-refractivity contribution in [3.8, 4) is 11.5 Å². The van der Waals surface area contributed by atoms with Crippen molar-refractivity contribution in [1.82, 2.24) is 4.90 Å². The van der Waals surface area contributed by atoms with Crippen LogP contribution in [0.5, 0.6) is 11.5 Å². The van der Waals surface area contributed by atoms with Gasteiger partial charge in [0.2, 0.25) is 5.91 Å². The summed E-state index contributed by atoms with van der Waals surface area (Å²) in [7, 11) is 1.59. The number of ether oxygens (including phenoxy) is 2. The van der Waals surface area contributed by atoms with Crippen LogP contribution in [-0.2, 0) is 4.79 Å². The zero-order chi connectivity index (χ0) is 18.1. The number of piperidine rings is 1. The van der Waals surface area contributed by atoms with Gasteiger partial charge in [-0.1, -0.05) is 0 Å². The lowest BCUT2D eigenvalue weighted by Gasteiger charge is -2.31. The van der Waals surface area contributed by atoms with Gasteiger partial charge in [-0.3, -0.25) is 4.79 Å². The Morgan fingerprint density at radius 2 is 1.96 bits per heavy atom. The van der Waals surface area contributed by atoms with Crippen molar-refractivity contribution < 1.29 is 24.2 Å². The second-order valence-electron chi connectivity index (χ2n) is 6.21. The minimum absolute atomic E-state index is 0.0610. The minimum atomic E-state index is -0.992. The van der Waals surface area contributed by atoms with Crippen molar-refractivity contribution >= 4 is 33.3 Å². The quantitative estimate of drug-likeness (QED) is 0.902. The van der Waals surface area contributed by atoms with Gasteiger partial charge in [0.15, 0.2) is 10.6 Å². The molecule has 0 spiro atoms. The van der Waals surface area contributed by atoms with Crippen LogP contribution in [0, 0.1) is 6.92 Å². The first-order chi connectivity index (χ1) is 11.9. The summed E-state index contributed by atoms with van der Waals surface area (Å²) in [6.45, 7) is 4.75. The Labute approximate surface area is 150 Å². The summed E-state index contributed by atoms with van der Waals surface area (Å²) in [6, 6.07) is 3.77. The molecule has 25 heavy (non-hydrogen) atoms. The van der Waals surface area contributed by atoms with Gasteiger partial charge in [-0.2, -0.15) is 0 Å². The number of likely N-dealkylation sites (tertiary alicyclic amines) is 1. The number of nitrogens with zero attached hydrogens (tertiary/aromatic N) is 1. The van der Waals surface area contributed by atoms with E-state index in [1.54, 1.807) is 18.9 Å². The fraction of sp³-hybridized carbons (Fsp3) is 0.444. The van der Waals surface area contributed by atoms with Crippen molar-refractivity contribution in [2.24, 2.45) is 0 Å². The summed E-state index contributed by atoms with van der Waals surface area (Å²) in [5, 5.41) is 10.3. The molecule has 1 fully saturated rings. The molecule has 0 saturated carbocycles. The van der Waals surface area contributed by atoms with Gasteiger partial charge in [0.25, 0.3) is 0 Å². The van der Waals surface area contributed by atoms with Crippen molar-refractivity contribution in [2.75, 3.05) is 20.2 Å². The Hall–Kier alpha value is -2.28. The molecule has 1 aliphatic heterocycles. The number of fused-ring (bicyclic) bond motifs is 1. The van der Waals surface area contributed by atoms with E-state index in [1.165, 1.54) is 11.3 Å². The number of carbonyl (C=O) groups excluding carboxylic acids is 1.